The smallest absolute Gasteiger partial charge is 0.339 e. The Balaban J connectivity index is 2.17. The number of rotatable bonds is 5. The molecule has 0 atom stereocenters. The van der Waals surface area contributed by atoms with Crippen molar-refractivity contribution in [3.8, 4) is 5.75 Å². The molecule has 1 aromatic carbocycles. The quantitative estimate of drug-likeness (QED) is 0.650. The van der Waals surface area contributed by atoms with E-state index in [0.717, 1.165) is 4.47 Å². The summed E-state index contributed by atoms with van der Waals surface area (Å²) < 4.78 is 11.0. The minimum atomic E-state index is -0.461. The first kappa shape index (κ1) is 16.3. The van der Waals surface area contributed by atoms with Crippen molar-refractivity contribution in [2.24, 2.45) is 0 Å². The molecular weight excluding hydrogens is 350 g/mol. The molecule has 6 heteroatoms. The fraction of sp³-hybridized carbons (Fsp3) is 0.250. The molecule has 2 rings (SSSR count). The highest BCUT2D eigenvalue weighted by Gasteiger charge is 2.22. The van der Waals surface area contributed by atoms with Gasteiger partial charge in [0.2, 0.25) is 5.78 Å². The number of aryl methyl sites for hydroxylation is 1. The third kappa shape index (κ3) is 3.22. The molecule has 116 valence electrons. The van der Waals surface area contributed by atoms with Crippen LogP contribution in [0.4, 0.5) is 0 Å². The average molecular weight is 366 g/mol. The van der Waals surface area contributed by atoms with Gasteiger partial charge in [0, 0.05) is 5.69 Å². The lowest BCUT2D eigenvalue weighted by molar-refractivity contribution is 0.0599. The Labute approximate surface area is 136 Å². The number of methoxy groups -OCH3 is 1. The van der Waals surface area contributed by atoms with E-state index in [9.17, 15) is 9.59 Å². The number of carbonyl (C=O) groups is 2. The maximum atomic E-state index is 12.3. The normalized spacial score (nSPS) is 10.4. The first-order valence-electron chi connectivity index (χ1n) is 6.63. The minimum Gasteiger partial charge on any atom is -0.484 e. The largest absolute Gasteiger partial charge is 0.484 e. The maximum absolute atomic E-state index is 12.3. The van der Waals surface area contributed by atoms with Gasteiger partial charge in [-0.1, -0.05) is 12.1 Å². The highest BCUT2D eigenvalue weighted by molar-refractivity contribution is 9.10. The number of para-hydroxylation sites is 1. The van der Waals surface area contributed by atoms with Gasteiger partial charge in [0.15, 0.2) is 6.61 Å². The molecule has 0 saturated carbocycles. The molecule has 0 amide bonds. The standard InChI is InChI=1S/C16H16BrNO4/c1-9-14(16(20)21-3)10(2)18-15(9)12(19)8-22-13-7-5-4-6-11(13)17/h4-7,18H,8H2,1-3H3. The number of hydrogen-bond donors (Lipinski definition) is 1. The van der Waals surface area contributed by atoms with Gasteiger partial charge in [-0.15, -0.1) is 0 Å². The van der Waals surface area contributed by atoms with Crippen LogP contribution in [0.5, 0.6) is 5.75 Å². The molecule has 1 heterocycles. The summed E-state index contributed by atoms with van der Waals surface area (Å²) >= 11 is 3.36. The van der Waals surface area contributed by atoms with E-state index in [2.05, 4.69) is 20.9 Å². The molecule has 0 fully saturated rings. The summed E-state index contributed by atoms with van der Waals surface area (Å²) in [4.78, 5) is 27.0. The molecule has 0 unspecified atom stereocenters. The second kappa shape index (κ2) is 6.79. The van der Waals surface area contributed by atoms with Gasteiger partial charge in [-0.05, 0) is 47.5 Å². The van der Waals surface area contributed by atoms with Crippen LogP contribution in [-0.4, -0.2) is 30.5 Å². The van der Waals surface area contributed by atoms with E-state index in [-0.39, 0.29) is 12.4 Å². The van der Waals surface area contributed by atoms with Crippen LogP contribution in [0.1, 0.15) is 32.1 Å². The monoisotopic (exact) mass is 365 g/mol. The molecule has 1 aromatic heterocycles. The fourth-order valence-corrected chi connectivity index (χ4v) is 2.61. The summed E-state index contributed by atoms with van der Waals surface area (Å²) in [5.41, 5.74) is 1.94. The molecule has 0 saturated heterocycles. The molecular formula is C16H16BrNO4. The lowest BCUT2D eigenvalue weighted by Crippen LogP contribution is -2.13. The lowest BCUT2D eigenvalue weighted by atomic mass is 10.1. The van der Waals surface area contributed by atoms with Gasteiger partial charge in [0.05, 0.1) is 22.8 Å². The van der Waals surface area contributed by atoms with Crippen LogP contribution in [0.25, 0.3) is 0 Å². The van der Waals surface area contributed by atoms with Crippen LogP contribution >= 0.6 is 15.9 Å². The number of esters is 1. The van der Waals surface area contributed by atoms with Crippen LogP contribution in [0.15, 0.2) is 28.7 Å². The minimum absolute atomic E-state index is 0.121. The Morgan fingerprint density at radius 3 is 2.55 bits per heavy atom. The number of carbonyl (C=O) groups excluding carboxylic acids is 2. The second-order valence-corrected chi connectivity index (χ2v) is 5.61. The number of H-pyrrole nitrogens is 1. The van der Waals surface area contributed by atoms with Crippen LogP contribution in [-0.2, 0) is 4.74 Å². The number of Topliss-reactive ketones (excluding diaryl/α,β-unsaturated/α-hetero) is 1. The van der Waals surface area contributed by atoms with Gasteiger partial charge in [-0.2, -0.15) is 0 Å². The van der Waals surface area contributed by atoms with Gasteiger partial charge in [0.1, 0.15) is 5.75 Å². The van der Waals surface area contributed by atoms with Crippen molar-refractivity contribution < 1.29 is 19.1 Å². The van der Waals surface area contributed by atoms with Crippen molar-refractivity contribution in [1.29, 1.82) is 0 Å². The van der Waals surface area contributed by atoms with Crippen molar-refractivity contribution in [3.05, 3.63) is 51.3 Å². The number of ether oxygens (including phenoxy) is 2. The predicted molar refractivity (Wildman–Crippen MR) is 85.6 cm³/mol. The summed E-state index contributed by atoms with van der Waals surface area (Å²) in [6, 6.07) is 7.28. The highest BCUT2D eigenvalue weighted by atomic mass is 79.9. The van der Waals surface area contributed by atoms with E-state index in [1.807, 2.05) is 18.2 Å². The van der Waals surface area contributed by atoms with Crippen LogP contribution in [0.2, 0.25) is 0 Å². The second-order valence-electron chi connectivity index (χ2n) is 4.76. The van der Waals surface area contributed by atoms with Crippen LogP contribution in [0, 0.1) is 13.8 Å². The number of aromatic amines is 1. The Bertz CT molecular complexity index is 721. The Morgan fingerprint density at radius 1 is 1.23 bits per heavy atom. The zero-order valence-corrected chi connectivity index (χ0v) is 14.1. The lowest BCUT2D eigenvalue weighted by Gasteiger charge is -2.07. The molecule has 0 aliphatic carbocycles. The summed E-state index contributed by atoms with van der Waals surface area (Å²) in [6.07, 6.45) is 0. The third-order valence-corrected chi connectivity index (χ3v) is 3.96. The first-order valence-corrected chi connectivity index (χ1v) is 7.43. The van der Waals surface area contributed by atoms with Crippen molar-refractivity contribution in [2.45, 2.75) is 13.8 Å². The molecule has 2 aromatic rings. The topological polar surface area (TPSA) is 68.4 Å². The Kier molecular flexibility index (Phi) is 5.03. The van der Waals surface area contributed by atoms with Crippen molar-refractivity contribution in [2.75, 3.05) is 13.7 Å². The molecule has 22 heavy (non-hydrogen) atoms. The van der Waals surface area contributed by atoms with E-state index in [4.69, 9.17) is 9.47 Å². The predicted octanol–water partition coefficient (Wildman–Crippen LogP) is 3.44. The van der Waals surface area contributed by atoms with Crippen LogP contribution < -0.4 is 4.74 Å². The average Bonchev–Trinajstić information content (AvgIpc) is 2.80. The van der Waals surface area contributed by atoms with Gasteiger partial charge in [-0.25, -0.2) is 4.79 Å². The number of benzene rings is 1. The number of nitrogens with one attached hydrogen (secondary N) is 1. The molecule has 5 nitrogen and oxygen atoms in total. The SMILES string of the molecule is COC(=O)c1c(C)[nH]c(C(=O)COc2ccccc2Br)c1C. The summed E-state index contributed by atoms with van der Waals surface area (Å²) in [5.74, 6) is -0.103. The van der Waals surface area contributed by atoms with Crippen molar-refractivity contribution in [3.63, 3.8) is 0 Å². The number of aromatic nitrogens is 1. The van der Waals surface area contributed by atoms with E-state index in [0.29, 0.717) is 28.3 Å². The maximum Gasteiger partial charge on any atom is 0.339 e. The van der Waals surface area contributed by atoms with Gasteiger partial charge >= 0.3 is 5.97 Å². The summed E-state index contributed by atoms with van der Waals surface area (Å²) in [6.45, 7) is 3.32. The van der Waals surface area contributed by atoms with Gasteiger partial charge in [-0.3, -0.25) is 4.79 Å². The number of hydrogen-bond acceptors (Lipinski definition) is 4. The first-order chi connectivity index (χ1) is 10.5. The van der Waals surface area contributed by atoms with E-state index in [1.54, 1.807) is 19.9 Å². The third-order valence-electron chi connectivity index (χ3n) is 3.30. The summed E-state index contributed by atoms with van der Waals surface area (Å²) in [7, 11) is 1.31. The van der Waals surface area contributed by atoms with Crippen LogP contribution in [0.3, 0.4) is 0 Å². The fourth-order valence-electron chi connectivity index (χ4n) is 2.21. The molecule has 0 bridgehead atoms. The molecule has 0 aliphatic rings. The zero-order valence-electron chi connectivity index (χ0n) is 12.5. The Hall–Kier alpha value is -2.08. The van der Waals surface area contributed by atoms with E-state index >= 15 is 0 Å². The zero-order chi connectivity index (χ0) is 16.3. The van der Waals surface area contributed by atoms with Gasteiger partial charge < -0.3 is 14.5 Å². The van der Waals surface area contributed by atoms with Crippen molar-refractivity contribution >= 4 is 27.7 Å². The van der Waals surface area contributed by atoms with Crippen molar-refractivity contribution in [1.82, 2.24) is 4.98 Å². The van der Waals surface area contributed by atoms with E-state index in [1.165, 1.54) is 7.11 Å². The molecule has 0 spiro atoms. The number of halogens is 1. The molecule has 0 radical (unpaired) electrons. The van der Waals surface area contributed by atoms with Gasteiger partial charge in [0.25, 0.3) is 0 Å². The Morgan fingerprint density at radius 2 is 1.91 bits per heavy atom. The highest BCUT2D eigenvalue weighted by Crippen LogP contribution is 2.24. The number of ketones is 1. The summed E-state index contributed by atoms with van der Waals surface area (Å²) in [5, 5.41) is 0. The van der Waals surface area contributed by atoms with E-state index < -0.39 is 5.97 Å². The molecule has 0 aliphatic heterocycles. The molecule has 1 N–H and O–H groups in total.